The molecule has 0 bridgehead atoms. The van der Waals surface area contributed by atoms with Crippen LogP contribution in [0.25, 0.3) is 0 Å². The van der Waals surface area contributed by atoms with Crippen molar-refractivity contribution in [3.8, 4) is 0 Å². The molecule has 0 aromatic rings. The molecule has 9 unspecified atom stereocenters. The number of carboxylic acid groups (broad SMARTS) is 1. The zero-order chi connectivity index (χ0) is 24.1. The molecule has 3 heteroatoms. The minimum absolute atomic E-state index is 0.00109. The Balaban J connectivity index is 0.000000348. The molecule has 3 nitrogen and oxygen atoms in total. The third kappa shape index (κ3) is 5.23. The van der Waals surface area contributed by atoms with Crippen molar-refractivity contribution < 1.29 is 15.0 Å². The topological polar surface area (TPSA) is 57.5 Å². The maximum Gasteiger partial charge on any atom is 0.306 e. The molecule has 0 aromatic heterocycles. The van der Waals surface area contributed by atoms with Gasteiger partial charge < -0.3 is 10.2 Å². The Labute approximate surface area is 199 Å². The minimum atomic E-state index is -0.706. The van der Waals surface area contributed by atoms with Gasteiger partial charge in [0.05, 0.1) is 12.0 Å². The smallest absolute Gasteiger partial charge is 0.306 e. The Morgan fingerprint density at radius 3 is 2.19 bits per heavy atom. The second-order valence-electron chi connectivity index (χ2n) is 11.8. The van der Waals surface area contributed by atoms with Gasteiger partial charge in [-0.05, 0) is 91.8 Å². The quantitative estimate of drug-likeness (QED) is 0.457. The predicted molar refractivity (Wildman–Crippen MR) is 135 cm³/mol. The second kappa shape index (κ2) is 11.7. The molecule has 2 N–H and O–H groups in total. The van der Waals surface area contributed by atoms with Crippen molar-refractivity contribution in [1.82, 2.24) is 0 Å². The van der Waals surface area contributed by atoms with E-state index in [-0.39, 0.29) is 12.0 Å². The lowest BCUT2D eigenvalue weighted by Crippen LogP contribution is -2.57. The SMILES string of the molecule is CC.CCC(C)C(=O)O.CCCC1CCC2C3C(O)CC4CCCCC4(C)C3CCC12C. The number of rotatable bonds is 4. The van der Waals surface area contributed by atoms with Crippen LogP contribution < -0.4 is 0 Å². The second-order valence-corrected chi connectivity index (χ2v) is 11.8. The molecular formula is C29H54O3. The van der Waals surface area contributed by atoms with E-state index in [9.17, 15) is 9.90 Å². The average molecular weight is 451 g/mol. The maximum atomic E-state index is 11.1. The Kier molecular flexibility index (Phi) is 10.1. The highest BCUT2D eigenvalue weighted by Gasteiger charge is 2.61. The summed E-state index contributed by atoms with van der Waals surface area (Å²) < 4.78 is 0. The van der Waals surface area contributed by atoms with Crippen LogP contribution in [0.15, 0.2) is 0 Å². The molecule has 0 saturated heterocycles. The summed E-state index contributed by atoms with van der Waals surface area (Å²) in [7, 11) is 0. The summed E-state index contributed by atoms with van der Waals surface area (Å²) >= 11 is 0. The first-order valence-electron chi connectivity index (χ1n) is 14.1. The van der Waals surface area contributed by atoms with Crippen molar-refractivity contribution >= 4 is 5.97 Å². The van der Waals surface area contributed by atoms with Crippen molar-refractivity contribution in [2.45, 2.75) is 132 Å². The molecule has 0 aliphatic heterocycles. The number of aliphatic hydroxyl groups is 1. The van der Waals surface area contributed by atoms with E-state index >= 15 is 0 Å². The van der Waals surface area contributed by atoms with Gasteiger partial charge in [0, 0.05) is 0 Å². The first-order chi connectivity index (χ1) is 15.2. The largest absolute Gasteiger partial charge is 0.481 e. The molecule has 32 heavy (non-hydrogen) atoms. The summed E-state index contributed by atoms with van der Waals surface area (Å²) in [4.78, 5) is 9.93. The molecule has 0 amide bonds. The van der Waals surface area contributed by atoms with Gasteiger partial charge in [0.25, 0.3) is 0 Å². The summed E-state index contributed by atoms with van der Waals surface area (Å²) in [5, 5.41) is 19.3. The van der Waals surface area contributed by atoms with Crippen LogP contribution in [0.5, 0.6) is 0 Å². The van der Waals surface area contributed by atoms with E-state index < -0.39 is 5.97 Å². The van der Waals surface area contributed by atoms with Gasteiger partial charge in [-0.25, -0.2) is 0 Å². The van der Waals surface area contributed by atoms with Gasteiger partial charge >= 0.3 is 5.97 Å². The van der Waals surface area contributed by atoms with Crippen LogP contribution in [0, 0.1) is 46.3 Å². The lowest BCUT2D eigenvalue weighted by molar-refractivity contribution is -0.162. The van der Waals surface area contributed by atoms with Crippen LogP contribution in [-0.2, 0) is 4.79 Å². The zero-order valence-electron chi connectivity index (χ0n) is 22.3. The highest BCUT2D eigenvalue weighted by Crippen LogP contribution is 2.67. The fraction of sp³-hybridized carbons (Fsp3) is 0.966. The highest BCUT2D eigenvalue weighted by atomic mass is 16.4. The third-order valence-electron chi connectivity index (χ3n) is 10.5. The fourth-order valence-electron chi connectivity index (χ4n) is 8.36. The van der Waals surface area contributed by atoms with Gasteiger partial charge in [0.1, 0.15) is 0 Å². The molecule has 4 rings (SSSR count). The van der Waals surface area contributed by atoms with Crippen LogP contribution >= 0.6 is 0 Å². The molecule has 4 saturated carbocycles. The third-order valence-corrected chi connectivity index (χ3v) is 10.5. The Morgan fingerprint density at radius 2 is 1.62 bits per heavy atom. The molecule has 0 heterocycles. The normalized spacial score (nSPS) is 43.2. The van der Waals surface area contributed by atoms with Gasteiger partial charge in [-0.1, -0.05) is 74.1 Å². The van der Waals surface area contributed by atoms with E-state index in [0.29, 0.717) is 16.7 Å². The summed E-state index contributed by atoms with van der Waals surface area (Å²) in [6.07, 6.45) is 15.9. The zero-order valence-corrected chi connectivity index (χ0v) is 22.3. The Morgan fingerprint density at radius 1 is 0.969 bits per heavy atom. The summed E-state index contributed by atoms with van der Waals surface area (Å²) in [5.74, 6) is 3.10. The van der Waals surface area contributed by atoms with Crippen molar-refractivity contribution in [3.05, 3.63) is 0 Å². The van der Waals surface area contributed by atoms with Gasteiger partial charge in [0.15, 0.2) is 0 Å². The van der Waals surface area contributed by atoms with Crippen molar-refractivity contribution in [1.29, 1.82) is 0 Å². The molecule has 4 aliphatic carbocycles. The van der Waals surface area contributed by atoms with Crippen LogP contribution in [0.4, 0.5) is 0 Å². The van der Waals surface area contributed by atoms with Crippen molar-refractivity contribution in [2.24, 2.45) is 46.3 Å². The molecule has 9 atom stereocenters. The number of aliphatic hydroxyl groups excluding tert-OH is 1. The van der Waals surface area contributed by atoms with E-state index in [1.807, 2.05) is 20.8 Å². The Bertz CT molecular complexity index is 589. The van der Waals surface area contributed by atoms with Crippen LogP contribution in [-0.4, -0.2) is 22.3 Å². The van der Waals surface area contributed by atoms with Gasteiger partial charge in [0.2, 0.25) is 0 Å². The minimum Gasteiger partial charge on any atom is -0.481 e. The van der Waals surface area contributed by atoms with Crippen LogP contribution in [0.3, 0.4) is 0 Å². The number of hydrogen-bond donors (Lipinski definition) is 2. The molecule has 0 aromatic carbocycles. The maximum absolute atomic E-state index is 11.1. The number of aliphatic carboxylic acids is 1. The summed E-state index contributed by atoms with van der Waals surface area (Å²) in [6, 6.07) is 0. The number of hydrogen-bond acceptors (Lipinski definition) is 2. The van der Waals surface area contributed by atoms with E-state index in [1.54, 1.807) is 6.92 Å². The molecule has 188 valence electrons. The average Bonchev–Trinajstić information content (AvgIpc) is 3.12. The number of carbonyl (C=O) groups is 1. The number of carboxylic acids is 1. The van der Waals surface area contributed by atoms with Crippen molar-refractivity contribution in [2.75, 3.05) is 0 Å². The summed E-state index contributed by atoms with van der Waals surface area (Å²) in [5.41, 5.74) is 1.09. The first-order valence-corrected chi connectivity index (χ1v) is 14.1. The molecule has 0 radical (unpaired) electrons. The van der Waals surface area contributed by atoms with Gasteiger partial charge in [-0.15, -0.1) is 0 Å². The standard InChI is InChI=1S/C22H38O.C5H10O2.C2H6/c1-4-7-15-9-10-17-20-18(11-13-22(15,17)3)21(2)12-6-5-8-16(21)14-19(20)23;1-3-4(2)5(6)7;1-2/h15-20,23H,4-14H2,1-3H3;4H,3H2,1-2H3,(H,6,7);1-2H3. The molecule has 4 fully saturated rings. The highest BCUT2D eigenvalue weighted by molar-refractivity contribution is 5.69. The molecule has 4 aliphatic rings. The van der Waals surface area contributed by atoms with Crippen LogP contribution in [0.2, 0.25) is 0 Å². The molecular weight excluding hydrogens is 396 g/mol. The van der Waals surface area contributed by atoms with Gasteiger partial charge in [-0.2, -0.15) is 0 Å². The van der Waals surface area contributed by atoms with E-state index in [2.05, 4.69) is 20.8 Å². The monoisotopic (exact) mass is 450 g/mol. The van der Waals surface area contributed by atoms with Crippen molar-refractivity contribution in [3.63, 3.8) is 0 Å². The Hall–Kier alpha value is -0.570. The van der Waals surface area contributed by atoms with E-state index in [4.69, 9.17) is 5.11 Å². The predicted octanol–water partition coefficient (Wildman–Crippen LogP) is 7.95. The van der Waals surface area contributed by atoms with E-state index in [1.165, 1.54) is 64.2 Å². The van der Waals surface area contributed by atoms with E-state index in [0.717, 1.165) is 36.5 Å². The first kappa shape index (κ1) is 27.7. The molecule has 0 spiro atoms. The lowest BCUT2D eigenvalue weighted by Gasteiger charge is -2.62. The van der Waals surface area contributed by atoms with Crippen LogP contribution in [0.1, 0.15) is 126 Å². The fourth-order valence-corrected chi connectivity index (χ4v) is 8.36. The number of fused-ring (bicyclic) bond motifs is 5. The summed E-state index contributed by atoms with van der Waals surface area (Å²) in [6.45, 7) is 15.1. The van der Waals surface area contributed by atoms with Gasteiger partial charge in [-0.3, -0.25) is 4.79 Å². The lowest BCUT2D eigenvalue weighted by atomic mass is 9.44.